The molecule has 3 aliphatic rings. The van der Waals surface area contributed by atoms with Crippen molar-refractivity contribution in [3.05, 3.63) is 0 Å². The Balaban J connectivity index is 1.47. The van der Waals surface area contributed by atoms with Gasteiger partial charge in [-0.15, -0.1) is 0 Å². The molecule has 1 amide bonds. The Morgan fingerprint density at radius 3 is 2.30 bits per heavy atom. The van der Waals surface area contributed by atoms with Crippen LogP contribution in [0.2, 0.25) is 0 Å². The predicted octanol–water partition coefficient (Wildman–Crippen LogP) is 3.99. The molecule has 0 aromatic heterocycles. The zero-order valence-corrected chi connectivity index (χ0v) is 15.1. The number of amides is 1. The van der Waals surface area contributed by atoms with E-state index in [1.807, 2.05) is 20.8 Å². The lowest BCUT2D eigenvalue weighted by Crippen LogP contribution is -2.51. The highest BCUT2D eigenvalue weighted by atomic mass is 16.6. The van der Waals surface area contributed by atoms with Gasteiger partial charge in [0.25, 0.3) is 0 Å². The fourth-order valence-corrected chi connectivity index (χ4v) is 4.47. The summed E-state index contributed by atoms with van der Waals surface area (Å²) in [5.74, 6) is 1.98. The van der Waals surface area contributed by atoms with E-state index in [0.29, 0.717) is 12.1 Å². The van der Waals surface area contributed by atoms with Crippen molar-refractivity contribution in [2.24, 2.45) is 11.8 Å². The molecule has 23 heavy (non-hydrogen) atoms. The first-order valence-electron chi connectivity index (χ1n) is 9.66. The second-order valence-corrected chi connectivity index (χ2v) is 8.92. The SMILES string of the molecule is CC(C)(C)OC(=O)NC1CCCC1NC1CCCC(C2CC2)C1. The first-order chi connectivity index (χ1) is 10.9. The highest BCUT2D eigenvalue weighted by Crippen LogP contribution is 2.44. The van der Waals surface area contributed by atoms with Crippen molar-refractivity contribution in [1.29, 1.82) is 0 Å². The maximum absolute atomic E-state index is 12.0. The van der Waals surface area contributed by atoms with Crippen LogP contribution in [0.3, 0.4) is 0 Å². The molecule has 0 saturated heterocycles. The molecule has 0 bridgehead atoms. The second kappa shape index (κ2) is 7.00. The summed E-state index contributed by atoms with van der Waals surface area (Å²) in [6.07, 6.45) is 11.5. The first-order valence-corrected chi connectivity index (χ1v) is 9.66. The fraction of sp³-hybridized carbons (Fsp3) is 0.947. The van der Waals surface area contributed by atoms with Gasteiger partial charge in [0, 0.05) is 18.1 Å². The maximum Gasteiger partial charge on any atom is 0.407 e. The topological polar surface area (TPSA) is 50.4 Å². The Labute approximate surface area is 141 Å². The Morgan fingerprint density at radius 1 is 0.913 bits per heavy atom. The number of nitrogens with one attached hydrogen (secondary N) is 2. The van der Waals surface area contributed by atoms with E-state index in [4.69, 9.17) is 4.74 Å². The van der Waals surface area contributed by atoms with Crippen LogP contribution in [-0.4, -0.2) is 29.8 Å². The van der Waals surface area contributed by atoms with Gasteiger partial charge in [-0.2, -0.15) is 0 Å². The minimum atomic E-state index is -0.424. The standard InChI is InChI=1S/C19H34N2O2/c1-19(2,3)23-18(22)21-17-9-5-8-16(17)20-15-7-4-6-14(12-15)13-10-11-13/h13-17,20H,4-12H2,1-3H3,(H,21,22). The van der Waals surface area contributed by atoms with Gasteiger partial charge in [0.05, 0.1) is 0 Å². The van der Waals surface area contributed by atoms with Crippen molar-refractivity contribution in [2.45, 2.75) is 102 Å². The van der Waals surface area contributed by atoms with Gasteiger partial charge < -0.3 is 15.4 Å². The van der Waals surface area contributed by atoms with Crippen molar-refractivity contribution in [1.82, 2.24) is 10.6 Å². The molecular weight excluding hydrogens is 288 g/mol. The number of carbonyl (C=O) groups is 1. The summed E-state index contributed by atoms with van der Waals surface area (Å²) in [6, 6.07) is 1.30. The van der Waals surface area contributed by atoms with Crippen LogP contribution in [0.5, 0.6) is 0 Å². The number of hydrogen-bond donors (Lipinski definition) is 2. The molecule has 0 aromatic carbocycles. The van der Waals surface area contributed by atoms with Crippen LogP contribution in [0, 0.1) is 11.8 Å². The summed E-state index contributed by atoms with van der Waals surface area (Å²) >= 11 is 0. The van der Waals surface area contributed by atoms with Crippen LogP contribution in [0.4, 0.5) is 4.79 Å². The molecule has 4 heteroatoms. The van der Waals surface area contributed by atoms with E-state index in [2.05, 4.69) is 10.6 Å². The molecular formula is C19H34N2O2. The average molecular weight is 322 g/mol. The van der Waals surface area contributed by atoms with E-state index >= 15 is 0 Å². The van der Waals surface area contributed by atoms with Gasteiger partial charge in [0.2, 0.25) is 0 Å². The van der Waals surface area contributed by atoms with Gasteiger partial charge >= 0.3 is 6.09 Å². The average Bonchev–Trinajstić information content (AvgIpc) is 3.21. The van der Waals surface area contributed by atoms with Gasteiger partial charge in [-0.25, -0.2) is 4.79 Å². The number of hydrogen-bond acceptors (Lipinski definition) is 3. The van der Waals surface area contributed by atoms with Crippen LogP contribution < -0.4 is 10.6 Å². The van der Waals surface area contributed by atoms with E-state index in [9.17, 15) is 4.79 Å². The molecule has 4 nitrogen and oxygen atoms in total. The number of rotatable bonds is 4. The largest absolute Gasteiger partial charge is 0.444 e. The summed E-state index contributed by atoms with van der Waals surface area (Å²) in [5, 5.41) is 6.98. The minimum Gasteiger partial charge on any atom is -0.444 e. The van der Waals surface area contributed by atoms with Crippen molar-refractivity contribution in [3.8, 4) is 0 Å². The second-order valence-electron chi connectivity index (χ2n) is 8.92. The van der Waals surface area contributed by atoms with E-state index in [0.717, 1.165) is 18.3 Å². The third-order valence-electron chi connectivity index (χ3n) is 5.67. The molecule has 0 aliphatic heterocycles. The van der Waals surface area contributed by atoms with Crippen LogP contribution >= 0.6 is 0 Å². The van der Waals surface area contributed by atoms with Gasteiger partial charge in [-0.05, 0) is 77.6 Å². The highest BCUT2D eigenvalue weighted by molar-refractivity contribution is 5.68. The van der Waals surface area contributed by atoms with E-state index < -0.39 is 5.60 Å². The predicted molar refractivity (Wildman–Crippen MR) is 92.4 cm³/mol. The maximum atomic E-state index is 12.0. The lowest BCUT2D eigenvalue weighted by Gasteiger charge is -2.34. The summed E-state index contributed by atoms with van der Waals surface area (Å²) in [7, 11) is 0. The van der Waals surface area contributed by atoms with Crippen molar-refractivity contribution < 1.29 is 9.53 Å². The lowest BCUT2D eigenvalue weighted by atomic mass is 9.82. The Hall–Kier alpha value is -0.770. The molecule has 3 fully saturated rings. The molecule has 4 unspecified atom stereocenters. The third-order valence-corrected chi connectivity index (χ3v) is 5.67. The molecule has 0 aromatic rings. The molecule has 0 spiro atoms. The molecule has 4 atom stereocenters. The Bertz CT molecular complexity index is 414. The lowest BCUT2D eigenvalue weighted by molar-refractivity contribution is 0.0495. The molecule has 0 heterocycles. The molecule has 132 valence electrons. The Kier molecular flexibility index (Phi) is 5.19. The smallest absolute Gasteiger partial charge is 0.407 e. The van der Waals surface area contributed by atoms with Gasteiger partial charge in [0.15, 0.2) is 0 Å². The quantitative estimate of drug-likeness (QED) is 0.823. The van der Waals surface area contributed by atoms with Crippen molar-refractivity contribution in [2.75, 3.05) is 0 Å². The van der Waals surface area contributed by atoms with E-state index in [-0.39, 0.29) is 12.1 Å². The molecule has 2 N–H and O–H groups in total. The summed E-state index contributed by atoms with van der Waals surface area (Å²) in [4.78, 5) is 12.0. The number of ether oxygens (including phenoxy) is 1. The highest BCUT2D eigenvalue weighted by Gasteiger charge is 2.37. The van der Waals surface area contributed by atoms with Crippen LogP contribution in [0.15, 0.2) is 0 Å². The van der Waals surface area contributed by atoms with Crippen molar-refractivity contribution >= 4 is 6.09 Å². The van der Waals surface area contributed by atoms with E-state index in [1.54, 1.807) is 0 Å². The Morgan fingerprint density at radius 2 is 1.61 bits per heavy atom. The number of alkyl carbamates (subject to hydrolysis) is 1. The fourth-order valence-electron chi connectivity index (χ4n) is 4.47. The third kappa shape index (κ3) is 5.10. The van der Waals surface area contributed by atoms with Gasteiger partial charge in [-0.3, -0.25) is 0 Å². The van der Waals surface area contributed by atoms with Crippen LogP contribution in [0.25, 0.3) is 0 Å². The summed E-state index contributed by atoms with van der Waals surface area (Å²) in [5.41, 5.74) is -0.424. The van der Waals surface area contributed by atoms with Crippen LogP contribution in [-0.2, 0) is 4.74 Å². The minimum absolute atomic E-state index is 0.228. The molecule has 0 radical (unpaired) electrons. The number of carbonyl (C=O) groups excluding carboxylic acids is 1. The zero-order valence-electron chi connectivity index (χ0n) is 15.1. The van der Waals surface area contributed by atoms with Crippen molar-refractivity contribution in [3.63, 3.8) is 0 Å². The molecule has 3 rings (SSSR count). The summed E-state index contributed by atoms with van der Waals surface area (Å²) in [6.45, 7) is 5.74. The van der Waals surface area contributed by atoms with Gasteiger partial charge in [0.1, 0.15) is 5.60 Å². The monoisotopic (exact) mass is 322 g/mol. The molecule has 3 aliphatic carbocycles. The van der Waals surface area contributed by atoms with E-state index in [1.165, 1.54) is 51.4 Å². The zero-order chi connectivity index (χ0) is 16.4. The summed E-state index contributed by atoms with van der Waals surface area (Å²) < 4.78 is 5.42. The first kappa shape index (κ1) is 17.1. The molecule has 3 saturated carbocycles. The van der Waals surface area contributed by atoms with Gasteiger partial charge in [-0.1, -0.05) is 12.8 Å². The normalized spacial score (nSPS) is 35.1. The van der Waals surface area contributed by atoms with Crippen LogP contribution in [0.1, 0.15) is 78.6 Å².